The van der Waals surface area contributed by atoms with Gasteiger partial charge >= 0.3 is 13.2 Å². The number of hydrazone groups is 1. The second-order valence-electron chi connectivity index (χ2n) is 9.67. The lowest BCUT2D eigenvalue weighted by Gasteiger charge is -2.37. The molecule has 2 aromatic rings. The van der Waals surface area contributed by atoms with E-state index in [9.17, 15) is 24.8 Å². The molecule has 35 heavy (non-hydrogen) atoms. The molecule has 0 aliphatic carbocycles. The third-order valence-electron chi connectivity index (χ3n) is 7.07. The minimum absolute atomic E-state index is 0.00519. The zero-order valence-corrected chi connectivity index (χ0v) is 21.6. The van der Waals surface area contributed by atoms with Crippen LogP contribution in [0.25, 0.3) is 11.2 Å². The van der Waals surface area contributed by atoms with Crippen LogP contribution >= 0.6 is 7.60 Å². The molecule has 4 rings (SSSR count). The number of aromatic nitrogens is 4. The molecule has 0 saturated carbocycles. The van der Waals surface area contributed by atoms with E-state index in [4.69, 9.17) is 9.26 Å². The minimum Gasteiger partial charge on any atom is -0.387 e. The number of hydrogen-bond donors (Lipinski definition) is 4. The molecule has 194 valence electrons. The van der Waals surface area contributed by atoms with Crippen molar-refractivity contribution in [3.05, 3.63) is 12.7 Å². The van der Waals surface area contributed by atoms with E-state index in [1.165, 1.54) is 13.3 Å². The smallest absolute Gasteiger partial charge is 0.359 e. The van der Waals surface area contributed by atoms with E-state index >= 15 is 0 Å². The van der Waals surface area contributed by atoms with Crippen LogP contribution < -0.4 is 9.58 Å². The topological polar surface area (TPSA) is 167 Å². The maximum atomic E-state index is 12.8. The second-order valence-corrected chi connectivity index (χ2v) is 11.9. The van der Waals surface area contributed by atoms with Crippen molar-refractivity contribution in [2.45, 2.75) is 89.4 Å². The quantitative estimate of drug-likeness (QED) is 0.293. The Morgan fingerprint density at radius 3 is 2.54 bits per heavy atom. The summed E-state index contributed by atoms with van der Waals surface area (Å²) in [6, 6.07) is 0. The van der Waals surface area contributed by atoms with Gasteiger partial charge in [-0.25, -0.2) is 14.1 Å². The number of anilines is 1. The van der Waals surface area contributed by atoms with Crippen LogP contribution in [-0.2, 0) is 13.8 Å². The van der Waals surface area contributed by atoms with E-state index < -0.39 is 43.1 Å². The van der Waals surface area contributed by atoms with Gasteiger partial charge in [0, 0.05) is 20.4 Å². The van der Waals surface area contributed by atoms with Crippen LogP contribution in [0.2, 0.25) is 0 Å². The highest BCUT2D eigenvalue weighted by atomic mass is 31.2. The van der Waals surface area contributed by atoms with Crippen LogP contribution in [0, 0.1) is 0 Å². The van der Waals surface area contributed by atoms with Crippen molar-refractivity contribution in [3.63, 3.8) is 0 Å². The number of aliphatic hydroxyl groups is 3. The predicted octanol–water partition coefficient (Wildman–Crippen LogP) is 0.849. The van der Waals surface area contributed by atoms with Crippen molar-refractivity contribution < 1.29 is 38.6 Å². The number of nitrogens with zero attached hydrogens (tertiary/aromatic N) is 6. The van der Waals surface area contributed by atoms with Crippen LogP contribution in [-0.4, -0.2) is 76.9 Å². The van der Waals surface area contributed by atoms with Gasteiger partial charge in [0.2, 0.25) is 11.7 Å². The Labute approximate surface area is 203 Å². The highest BCUT2D eigenvalue weighted by molar-refractivity contribution is 7.54. The van der Waals surface area contributed by atoms with E-state index in [-0.39, 0.29) is 12.8 Å². The molecule has 7 unspecified atom stereocenters. The van der Waals surface area contributed by atoms with Crippen molar-refractivity contribution >= 4 is 30.4 Å². The van der Waals surface area contributed by atoms with Crippen molar-refractivity contribution in [2.75, 3.05) is 12.1 Å². The first-order valence-corrected chi connectivity index (χ1v) is 13.2. The zero-order chi connectivity index (χ0) is 25.9. The fraction of sp³-hybridized carbons (Fsp3) is 0.714. The van der Waals surface area contributed by atoms with Gasteiger partial charge in [0.15, 0.2) is 29.7 Å². The summed E-state index contributed by atoms with van der Waals surface area (Å²) in [7, 11) is -2.66. The van der Waals surface area contributed by atoms with E-state index in [0.29, 0.717) is 29.2 Å². The first kappa shape index (κ1) is 26.1. The lowest BCUT2D eigenvalue weighted by molar-refractivity contribution is -0.745. The predicted molar refractivity (Wildman–Crippen MR) is 126 cm³/mol. The fourth-order valence-corrected chi connectivity index (χ4v) is 5.78. The summed E-state index contributed by atoms with van der Waals surface area (Å²) in [4.78, 5) is 19.1. The Kier molecular flexibility index (Phi) is 6.59. The molecule has 4 heterocycles. The zero-order valence-electron chi connectivity index (χ0n) is 20.7. The van der Waals surface area contributed by atoms with Gasteiger partial charge in [-0.2, -0.15) is 4.98 Å². The average molecular weight is 514 g/mol. The first-order valence-electron chi connectivity index (χ1n) is 11.6. The molecule has 7 atom stereocenters. The fourth-order valence-electron chi connectivity index (χ4n) is 4.38. The molecule has 2 aliphatic heterocycles. The van der Waals surface area contributed by atoms with E-state index in [0.717, 1.165) is 0 Å². The van der Waals surface area contributed by atoms with E-state index in [2.05, 4.69) is 15.1 Å². The third kappa shape index (κ3) is 4.29. The minimum atomic E-state index is -4.43. The molecule has 13 nitrogen and oxygen atoms in total. The van der Waals surface area contributed by atoms with Gasteiger partial charge < -0.3 is 29.5 Å². The molecular formula is C21H34N6O7P+. The summed E-state index contributed by atoms with van der Waals surface area (Å²) in [6.45, 7) is 8.05. The van der Waals surface area contributed by atoms with Crippen LogP contribution in [0.1, 0.15) is 60.1 Å². The van der Waals surface area contributed by atoms with Crippen LogP contribution in [0.15, 0.2) is 17.8 Å². The van der Waals surface area contributed by atoms with Gasteiger partial charge in [-0.3, -0.25) is 4.57 Å². The Balaban J connectivity index is 1.63. The summed E-state index contributed by atoms with van der Waals surface area (Å²) >= 11 is 0. The standard InChI is InChI=1S/C21H33N6O7P/c1-7-20(4,34-35(31,32)21(5,30)8-2)9-13-15(28)16(29)19(33-13)27-11-26-12(3)24-25(6)17-14(26)18(27)23-10-22-17/h10-11,13,15-16,19,28-30H,7-9H2,1-6H3/p+1. The van der Waals surface area contributed by atoms with Crippen molar-refractivity contribution in [3.8, 4) is 0 Å². The molecule has 1 fully saturated rings. The number of imidazole rings is 1. The molecule has 0 spiro atoms. The van der Waals surface area contributed by atoms with Crippen LogP contribution in [0.5, 0.6) is 0 Å². The summed E-state index contributed by atoms with van der Waals surface area (Å²) in [5.41, 5.74) is -0.0469. The maximum absolute atomic E-state index is 12.8. The molecular weight excluding hydrogens is 479 g/mol. The molecule has 0 radical (unpaired) electrons. The first-order chi connectivity index (χ1) is 16.2. The maximum Gasteiger partial charge on any atom is 0.359 e. The van der Waals surface area contributed by atoms with Crippen LogP contribution in [0.3, 0.4) is 0 Å². The van der Waals surface area contributed by atoms with Gasteiger partial charge in [-0.1, -0.05) is 18.8 Å². The largest absolute Gasteiger partial charge is 0.387 e. The van der Waals surface area contributed by atoms with Gasteiger partial charge in [0.05, 0.1) is 11.7 Å². The van der Waals surface area contributed by atoms with Gasteiger partial charge in [-0.15, -0.1) is 5.10 Å². The molecule has 2 aromatic heterocycles. The number of ether oxygens (including phenoxy) is 1. The molecule has 0 amide bonds. The van der Waals surface area contributed by atoms with Crippen molar-refractivity contribution in [1.29, 1.82) is 0 Å². The highest BCUT2D eigenvalue weighted by Crippen LogP contribution is 2.59. The van der Waals surface area contributed by atoms with Crippen molar-refractivity contribution in [1.82, 2.24) is 14.5 Å². The van der Waals surface area contributed by atoms with Crippen molar-refractivity contribution in [2.24, 2.45) is 5.10 Å². The molecule has 4 N–H and O–H groups in total. The molecule has 14 heteroatoms. The average Bonchev–Trinajstić information content (AvgIpc) is 3.31. The summed E-state index contributed by atoms with van der Waals surface area (Å²) < 4.78 is 27.9. The van der Waals surface area contributed by atoms with Crippen LogP contribution in [0.4, 0.5) is 5.82 Å². The Morgan fingerprint density at radius 2 is 1.91 bits per heavy atom. The third-order valence-corrected chi connectivity index (χ3v) is 9.30. The second kappa shape index (κ2) is 8.84. The van der Waals surface area contributed by atoms with Gasteiger partial charge in [-0.05, 0) is 26.7 Å². The number of rotatable bonds is 8. The Morgan fingerprint density at radius 1 is 1.23 bits per heavy atom. The van der Waals surface area contributed by atoms with E-state index in [1.807, 2.05) is 6.92 Å². The molecule has 1 saturated heterocycles. The van der Waals surface area contributed by atoms with Gasteiger partial charge in [0.25, 0.3) is 0 Å². The number of aliphatic hydroxyl groups excluding tert-OH is 2. The molecule has 0 aromatic carbocycles. The SMILES string of the molecule is CCC(C)(CC1OC([n+]2cn3c4c(ncnc42)N(C)N=C3C)C(O)C1O)OP(=O)(O)C(C)(O)CC. The normalized spacial score (nSPS) is 29.5. The monoisotopic (exact) mass is 513 g/mol. The Hall–Kier alpha value is -1.99. The van der Waals surface area contributed by atoms with Gasteiger partial charge in [0.1, 0.15) is 12.2 Å². The lowest BCUT2D eigenvalue weighted by Crippen LogP contribution is -2.46. The summed E-state index contributed by atoms with van der Waals surface area (Å²) in [6.07, 6.45) is -1.10. The summed E-state index contributed by atoms with van der Waals surface area (Å²) in [5, 5.41) is 36.3. The molecule has 2 aliphatic rings. The lowest BCUT2D eigenvalue weighted by atomic mass is 9.93. The molecule has 0 bridgehead atoms. The summed E-state index contributed by atoms with van der Waals surface area (Å²) in [5.74, 6) is 1.24. The Bertz CT molecular complexity index is 1200. The van der Waals surface area contributed by atoms with E-state index in [1.54, 1.807) is 48.3 Å². The number of hydrogen-bond acceptors (Lipinski definition) is 10. The highest BCUT2D eigenvalue weighted by Gasteiger charge is 2.52.